The van der Waals surface area contributed by atoms with Crippen molar-refractivity contribution in [2.24, 2.45) is 17.8 Å². The van der Waals surface area contributed by atoms with E-state index in [0.717, 1.165) is 12.3 Å². The molecule has 1 saturated heterocycles. The lowest BCUT2D eigenvalue weighted by Gasteiger charge is -2.38. The second-order valence-electron chi connectivity index (χ2n) is 7.70. The van der Waals surface area contributed by atoms with E-state index in [9.17, 15) is 4.79 Å². The first kappa shape index (κ1) is 15.8. The standard InChI is InChI=1S/C17H32N2O/c1-11(2)9-15-18-16(12(3)4)17(20)19(15)14-8-6-7-13(5)10-14/h11-16,18H,6-10H2,1-5H3. The fourth-order valence-corrected chi connectivity index (χ4v) is 3.87. The van der Waals surface area contributed by atoms with Crippen LogP contribution < -0.4 is 5.32 Å². The second-order valence-corrected chi connectivity index (χ2v) is 7.70. The summed E-state index contributed by atoms with van der Waals surface area (Å²) in [5.74, 6) is 2.11. The average Bonchev–Trinajstić information content (AvgIpc) is 2.65. The molecule has 0 spiro atoms. The fourth-order valence-electron chi connectivity index (χ4n) is 3.87. The number of nitrogens with one attached hydrogen (secondary N) is 1. The van der Waals surface area contributed by atoms with Crippen molar-refractivity contribution in [3.63, 3.8) is 0 Å². The van der Waals surface area contributed by atoms with Crippen LogP contribution >= 0.6 is 0 Å². The van der Waals surface area contributed by atoms with Crippen molar-refractivity contribution >= 4 is 5.91 Å². The van der Waals surface area contributed by atoms with Crippen molar-refractivity contribution < 1.29 is 4.79 Å². The Bertz CT molecular complexity index is 340. The Morgan fingerprint density at radius 2 is 1.95 bits per heavy atom. The van der Waals surface area contributed by atoms with Crippen LogP contribution in [0.1, 0.15) is 66.7 Å². The van der Waals surface area contributed by atoms with Crippen LogP contribution in [-0.2, 0) is 4.79 Å². The van der Waals surface area contributed by atoms with Crippen molar-refractivity contribution in [2.45, 2.75) is 85.0 Å². The summed E-state index contributed by atoms with van der Waals surface area (Å²) in [4.78, 5) is 15.0. The lowest BCUT2D eigenvalue weighted by Crippen LogP contribution is -2.47. The molecule has 2 fully saturated rings. The fraction of sp³-hybridized carbons (Fsp3) is 0.941. The molecule has 0 aromatic carbocycles. The Kier molecular flexibility index (Phi) is 5.11. The van der Waals surface area contributed by atoms with Gasteiger partial charge < -0.3 is 4.90 Å². The van der Waals surface area contributed by atoms with Gasteiger partial charge in [0.15, 0.2) is 0 Å². The SMILES string of the molecule is CC(C)CC1NC(C(C)C)C(=O)N1C1CCCC(C)C1. The quantitative estimate of drug-likeness (QED) is 0.856. The molecule has 0 bridgehead atoms. The molecule has 1 aliphatic heterocycles. The van der Waals surface area contributed by atoms with E-state index >= 15 is 0 Å². The van der Waals surface area contributed by atoms with E-state index in [1.165, 1.54) is 25.7 Å². The molecule has 0 radical (unpaired) electrons. The van der Waals surface area contributed by atoms with Gasteiger partial charge in [-0.05, 0) is 37.0 Å². The van der Waals surface area contributed by atoms with Crippen LogP contribution in [0.2, 0.25) is 0 Å². The molecular weight excluding hydrogens is 248 g/mol. The number of carbonyl (C=O) groups excluding carboxylic acids is 1. The third-order valence-corrected chi connectivity index (χ3v) is 4.89. The summed E-state index contributed by atoms with van der Waals surface area (Å²) in [6.45, 7) is 11.1. The third-order valence-electron chi connectivity index (χ3n) is 4.89. The van der Waals surface area contributed by atoms with Crippen molar-refractivity contribution in [3.05, 3.63) is 0 Å². The molecule has 4 unspecified atom stereocenters. The maximum absolute atomic E-state index is 12.8. The van der Waals surface area contributed by atoms with Gasteiger partial charge in [0.25, 0.3) is 0 Å². The molecule has 20 heavy (non-hydrogen) atoms. The van der Waals surface area contributed by atoms with Crippen LogP contribution in [0.15, 0.2) is 0 Å². The normalized spacial score (nSPS) is 35.4. The number of hydrogen-bond donors (Lipinski definition) is 1. The van der Waals surface area contributed by atoms with Gasteiger partial charge in [-0.15, -0.1) is 0 Å². The van der Waals surface area contributed by atoms with Crippen LogP contribution in [0, 0.1) is 17.8 Å². The number of nitrogens with zero attached hydrogens (tertiary/aromatic N) is 1. The van der Waals surface area contributed by atoms with Gasteiger partial charge >= 0.3 is 0 Å². The van der Waals surface area contributed by atoms with E-state index in [1.807, 2.05) is 0 Å². The highest BCUT2D eigenvalue weighted by molar-refractivity contribution is 5.85. The second kappa shape index (κ2) is 6.46. The van der Waals surface area contributed by atoms with E-state index < -0.39 is 0 Å². The van der Waals surface area contributed by atoms with Gasteiger partial charge in [0, 0.05) is 6.04 Å². The van der Waals surface area contributed by atoms with Gasteiger partial charge in [0.05, 0.1) is 12.2 Å². The monoisotopic (exact) mass is 280 g/mol. The summed E-state index contributed by atoms with van der Waals surface area (Å²) in [6, 6.07) is 0.488. The molecule has 4 atom stereocenters. The van der Waals surface area contributed by atoms with Crippen LogP contribution in [0.5, 0.6) is 0 Å². The summed E-state index contributed by atoms with van der Waals surface area (Å²) in [6.07, 6.45) is 6.31. The Morgan fingerprint density at radius 1 is 1.25 bits per heavy atom. The van der Waals surface area contributed by atoms with E-state index in [0.29, 0.717) is 23.8 Å². The first-order chi connectivity index (χ1) is 9.40. The summed E-state index contributed by atoms with van der Waals surface area (Å²) >= 11 is 0. The van der Waals surface area contributed by atoms with E-state index in [-0.39, 0.29) is 12.2 Å². The Morgan fingerprint density at radius 3 is 2.50 bits per heavy atom. The summed E-state index contributed by atoms with van der Waals surface area (Å²) < 4.78 is 0. The van der Waals surface area contributed by atoms with Crippen molar-refractivity contribution in [1.29, 1.82) is 0 Å². The number of amides is 1. The highest BCUT2D eigenvalue weighted by Gasteiger charge is 2.44. The Labute approximate surface area is 124 Å². The van der Waals surface area contributed by atoms with Crippen LogP contribution in [0.4, 0.5) is 0 Å². The third kappa shape index (κ3) is 3.36. The molecule has 2 rings (SSSR count). The topological polar surface area (TPSA) is 32.3 Å². The molecule has 0 aromatic rings. The number of carbonyl (C=O) groups is 1. The Balaban J connectivity index is 2.14. The van der Waals surface area contributed by atoms with E-state index in [4.69, 9.17) is 0 Å². The van der Waals surface area contributed by atoms with Crippen molar-refractivity contribution in [3.8, 4) is 0 Å². The summed E-state index contributed by atoms with van der Waals surface area (Å²) in [7, 11) is 0. The van der Waals surface area contributed by atoms with E-state index in [1.54, 1.807) is 0 Å². The van der Waals surface area contributed by atoms with Crippen molar-refractivity contribution in [2.75, 3.05) is 0 Å². The van der Waals surface area contributed by atoms with Gasteiger partial charge in [-0.1, -0.05) is 47.5 Å². The van der Waals surface area contributed by atoms with Crippen LogP contribution in [0.25, 0.3) is 0 Å². The minimum absolute atomic E-state index is 0.0241. The molecule has 1 amide bonds. The summed E-state index contributed by atoms with van der Waals surface area (Å²) in [5, 5.41) is 3.61. The zero-order chi connectivity index (χ0) is 14.9. The van der Waals surface area contributed by atoms with Crippen LogP contribution in [-0.4, -0.2) is 29.1 Å². The minimum atomic E-state index is 0.0241. The minimum Gasteiger partial charge on any atom is -0.323 e. The highest BCUT2D eigenvalue weighted by Crippen LogP contribution is 2.32. The lowest BCUT2D eigenvalue weighted by atomic mass is 9.85. The van der Waals surface area contributed by atoms with Crippen molar-refractivity contribution in [1.82, 2.24) is 10.2 Å². The molecule has 1 N–H and O–H groups in total. The highest BCUT2D eigenvalue weighted by atomic mass is 16.2. The molecule has 3 heteroatoms. The Hall–Kier alpha value is -0.570. The van der Waals surface area contributed by atoms with Gasteiger partial charge in [-0.3, -0.25) is 10.1 Å². The van der Waals surface area contributed by atoms with Gasteiger partial charge in [0.2, 0.25) is 5.91 Å². The predicted octanol–water partition coefficient (Wildman–Crippen LogP) is 3.39. The van der Waals surface area contributed by atoms with Crippen LogP contribution in [0.3, 0.4) is 0 Å². The van der Waals surface area contributed by atoms with Gasteiger partial charge in [0.1, 0.15) is 0 Å². The predicted molar refractivity (Wildman–Crippen MR) is 83.3 cm³/mol. The van der Waals surface area contributed by atoms with Gasteiger partial charge in [-0.2, -0.15) is 0 Å². The summed E-state index contributed by atoms with van der Waals surface area (Å²) in [5.41, 5.74) is 0. The first-order valence-electron chi connectivity index (χ1n) is 8.48. The molecule has 1 heterocycles. The first-order valence-corrected chi connectivity index (χ1v) is 8.48. The molecular formula is C17H32N2O. The number of rotatable bonds is 4. The zero-order valence-corrected chi connectivity index (χ0v) is 13.9. The maximum atomic E-state index is 12.8. The molecule has 3 nitrogen and oxygen atoms in total. The smallest absolute Gasteiger partial charge is 0.241 e. The molecule has 1 aliphatic carbocycles. The molecule has 2 aliphatic rings. The lowest BCUT2D eigenvalue weighted by molar-refractivity contribution is -0.134. The molecule has 0 aromatic heterocycles. The van der Waals surface area contributed by atoms with E-state index in [2.05, 4.69) is 44.8 Å². The number of hydrogen-bond acceptors (Lipinski definition) is 2. The average molecular weight is 280 g/mol. The molecule has 116 valence electrons. The van der Waals surface area contributed by atoms with Gasteiger partial charge in [-0.25, -0.2) is 0 Å². The largest absolute Gasteiger partial charge is 0.323 e. The zero-order valence-electron chi connectivity index (χ0n) is 13.9. The maximum Gasteiger partial charge on any atom is 0.241 e. The molecule has 1 saturated carbocycles.